The molecule has 1 saturated heterocycles. The molecular weight excluding hydrogens is 422 g/mol. The molecule has 1 aromatic carbocycles. The van der Waals surface area contributed by atoms with E-state index in [9.17, 15) is 23.3 Å². The highest BCUT2D eigenvalue weighted by atomic mass is 32.2. The third-order valence-corrected chi connectivity index (χ3v) is 7.11. The molecule has 2 aromatic rings. The molecular formula is C20H25N5O5S. The minimum atomic E-state index is -3.30. The third-order valence-electron chi connectivity index (χ3n) is 5.23. The zero-order valence-corrected chi connectivity index (χ0v) is 18.2. The number of carbonyl (C=O) groups excluding carboxylic acids is 1. The molecule has 1 aliphatic heterocycles. The Kier molecular flexibility index (Phi) is 6.86. The van der Waals surface area contributed by atoms with E-state index < -0.39 is 14.9 Å². The molecule has 0 saturated carbocycles. The molecule has 10 nitrogen and oxygen atoms in total. The number of nitrogens with zero attached hydrogens (tertiary/aromatic N) is 4. The molecule has 31 heavy (non-hydrogen) atoms. The predicted molar refractivity (Wildman–Crippen MR) is 116 cm³/mol. The van der Waals surface area contributed by atoms with E-state index >= 15 is 0 Å². The summed E-state index contributed by atoms with van der Waals surface area (Å²) in [6, 6.07) is 9.49. The number of pyridine rings is 1. The zero-order chi connectivity index (χ0) is 22.6. The molecule has 1 N–H and O–H groups in total. The Balaban J connectivity index is 1.75. The second-order valence-corrected chi connectivity index (χ2v) is 9.46. The largest absolute Gasteiger partial charge is 0.371 e. The van der Waals surface area contributed by atoms with E-state index in [4.69, 9.17) is 0 Å². The number of anilines is 1. The standard InChI is InChI=1S/C20H25N5O5S/c1-3-31(29,30)24-12-10-23(11-13-24)20(26)16-7-8-18(19(14-16)25(27)28)22-15(2)17-6-4-5-9-21-17/h4-9,14-15,22H,3,10-13H2,1-2H3. The highest BCUT2D eigenvalue weighted by Crippen LogP contribution is 2.29. The SMILES string of the molecule is CCS(=O)(=O)N1CCN(C(=O)c2ccc(NC(C)c3ccccn3)c([N+](=O)[O-])c2)CC1. The molecule has 0 spiro atoms. The van der Waals surface area contributed by atoms with E-state index in [-0.39, 0.29) is 55.1 Å². The average molecular weight is 448 g/mol. The lowest BCUT2D eigenvalue weighted by Gasteiger charge is -2.33. The molecule has 2 heterocycles. The van der Waals surface area contributed by atoms with Crippen molar-refractivity contribution in [3.05, 3.63) is 64.0 Å². The Morgan fingerprint density at radius 3 is 2.52 bits per heavy atom. The number of benzene rings is 1. The Morgan fingerprint density at radius 1 is 1.23 bits per heavy atom. The van der Waals surface area contributed by atoms with Gasteiger partial charge in [0.15, 0.2) is 0 Å². The van der Waals surface area contributed by atoms with Gasteiger partial charge in [0.1, 0.15) is 5.69 Å². The fraction of sp³-hybridized carbons (Fsp3) is 0.400. The number of piperazine rings is 1. The topological polar surface area (TPSA) is 126 Å². The van der Waals surface area contributed by atoms with Crippen molar-refractivity contribution in [2.75, 3.05) is 37.2 Å². The van der Waals surface area contributed by atoms with Crippen molar-refractivity contribution in [1.82, 2.24) is 14.2 Å². The van der Waals surface area contributed by atoms with Gasteiger partial charge < -0.3 is 10.2 Å². The highest BCUT2D eigenvalue weighted by Gasteiger charge is 2.29. The van der Waals surface area contributed by atoms with Crippen LogP contribution in [-0.4, -0.2) is 65.4 Å². The minimum Gasteiger partial charge on any atom is -0.371 e. The van der Waals surface area contributed by atoms with Crippen molar-refractivity contribution in [2.45, 2.75) is 19.9 Å². The number of amides is 1. The van der Waals surface area contributed by atoms with Gasteiger partial charge in [0.05, 0.1) is 22.4 Å². The van der Waals surface area contributed by atoms with Gasteiger partial charge in [-0.05, 0) is 38.1 Å². The van der Waals surface area contributed by atoms with Gasteiger partial charge in [0, 0.05) is 44.0 Å². The summed E-state index contributed by atoms with van der Waals surface area (Å²) in [7, 11) is -3.30. The van der Waals surface area contributed by atoms with Gasteiger partial charge in [-0.25, -0.2) is 8.42 Å². The van der Waals surface area contributed by atoms with Crippen molar-refractivity contribution >= 4 is 27.3 Å². The van der Waals surface area contributed by atoms with E-state index in [0.717, 1.165) is 5.69 Å². The first-order valence-corrected chi connectivity index (χ1v) is 11.6. The maximum absolute atomic E-state index is 12.9. The number of hydrogen-bond donors (Lipinski definition) is 1. The number of hydrogen-bond acceptors (Lipinski definition) is 7. The lowest BCUT2D eigenvalue weighted by atomic mass is 10.1. The van der Waals surface area contributed by atoms with Crippen LogP contribution < -0.4 is 5.32 Å². The van der Waals surface area contributed by atoms with Crippen molar-refractivity contribution < 1.29 is 18.1 Å². The van der Waals surface area contributed by atoms with E-state index in [0.29, 0.717) is 5.69 Å². The summed E-state index contributed by atoms with van der Waals surface area (Å²) >= 11 is 0. The van der Waals surface area contributed by atoms with Crippen molar-refractivity contribution in [2.24, 2.45) is 0 Å². The van der Waals surface area contributed by atoms with Gasteiger partial charge in [0.2, 0.25) is 10.0 Å². The minimum absolute atomic E-state index is 0.0124. The molecule has 11 heteroatoms. The molecule has 1 amide bonds. The molecule has 0 radical (unpaired) electrons. The number of carbonyl (C=O) groups is 1. The predicted octanol–water partition coefficient (Wildman–Crippen LogP) is 2.27. The number of nitro groups is 1. The second kappa shape index (κ2) is 9.40. The Hall–Kier alpha value is -3.05. The zero-order valence-electron chi connectivity index (χ0n) is 17.4. The van der Waals surface area contributed by atoms with Crippen LogP contribution in [0.25, 0.3) is 0 Å². The lowest BCUT2D eigenvalue weighted by molar-refractivity contribution is -0.384. The van der Waals surface area contributed by atoms with Crippen molar-refractivity contribution in [3.8, 4) is 0 Å². The van der Waals surface area contributed by atoms with Crippen LogP contribution >= 0.6 is 0 Å². The Morgan fingerprint density at radius 2 is 1.94 bits per heavy atom. The highest BCUT2D eigenvalue weighted by molar-refractivity contribution is 7.89. The third kappa shape index (κ3) is 5.17. The van der Waals surface area contributed by atoms with Gasteiger partial charge >= 0.3 is 0 Å². The van der Waals surface area contributed by atoms with Crippen LogP contribution in [0.2, 0.25) is 0 Å². The molecule has 166 valence electrons. The van der Waals surface area contributed by atoms with E-state index in [2.05, 4.69) is 10.3 Å². The van der Waals surface area contributed by atoms with Gasteiger partial charge in [-0.15, -0.1) is 0 Å². The van der Waals surface area contributed by atoms with Gasteiger partial charge in [-0.3, -0.25) is 19.9 Å². The molecule has 1 aromatic heterocycles. The fourth-order valence-electron chi connectivity index (χ4n) is 3.41. The summed E-state index contributed by atoms with van der Waals surface area (Å²) in [6.07, 6.45) is 1.65. The van der Waals surface area contributed by atoms with Crippen LogP contribution in [0.1, 0.15) is 35.9 Å². The normalized spacial score (nSPS) is 16.0. The van der Waals surface area contributed by atoms with Crippen LogP contribution in [0.3, 0.4) is 0 Å². The summed E-state index contributed by atoms with van der Waals surface area (Å²) in [4.78, 5) is 29.7. The number of sulfonamides is 1. The number of rotatable bonds is 7. The summed E-state index contributed by atoms with van der Waals surface area (Å²) < 4.78 is 25.3. The first kappa shape index (κ1) is 22.6. The quantitative estimate of drug-likeness (QED) is 0.510. The van der Waals surface area contributed by atoms with Crippen LogP contribution in [0.4, 0.5) is 11.4 Å². The number of nitro benzene ring substituents is 1. The van der Waals surface area contributed by atoms with Gasteiger partial charge in [0.25, 0.3) is 11.6 Å². The molecule has 3 rings (SSSR count). The molecule has 0 aliphatic carbocycles. The first-order valence-electron chi connectivity index (χ1n) is 9.96. The van der Waals surface area contributed by atoms with Gasteiger partial charge in [-0.1, -0.05) is 6.07 Å². The first-order chi connectivity index (χ1) is 14.7. The molecule has 1 fully saturated rings. The van der Waals surface area contributed by atoms with Gasteiger partial charge in [-0.2, -0.15) is 4.31 Å². The Bertz CT molecular complexity index is 1050. The monoisotopic (exact) mass is 447 g/mol. The summed E-state index contributed by atoms with van der Waals surface area (Å²) in [5.41, 5.74) is 1.01. The fourth-order valence-corrected chi connectivity index (χ4v) is 4.50. The summed E-state index contributed by atoms with van der Waals surface area (Å²) in [6.45, 7) is 4.33. The molecule has 1 aliphatic rings. The second-order valence-electron chi connectivity index (χ2n) is 7.20. The Labute approximate surface area is 181 Å². The summed E-state index contributed by atoms with van der Waals surface area (Å²) in [5.74, 6) is -0.348. The smallest absolute Gasteiger partial charge is 0.293 e. The van der Waals surface area contributed by atoms with Crippen molar-refractivity contribution in [1.29, 1.82) is 0 Å². The average Bonchev–Trinajstić information content (AvgIpc) is 2.79. The van der Waals surface area contributed by atoms with Crippen LogP contribution in [-0.2, 0) is 10.0 Å². The van der Waals surface area contributed by atoms with Crippen LogP contribution in [0, 0.1) is 10.1 Å². The van der Waals surface area contributed by atoms with E-state index in [1.54, 1.807) is 19.2 Å². The number of aromatic nitrogens is 1. The lowest BCUT2D eigenvalue weighted by Crippen LogP contribution is -2.50. The van der Waals surface area contributed by atoms with Crippen LogP contribution in [0.5, 0.6) is 0 Å². The maximum Gasteiger partial charge on any atom is 0.293 e. The summed E-state index contributed by atoms with van der Waals surface area (Å²) in [5, 5.41) is 14.7. The van der Waals surface area contributed by atoms with E-state index in [1.807, 2.05) is 19.1 Å². The molecule has 1 unspecified atom stereocenters. The number of nitrogens with one attached hydrogen (secondary N) is 1. The van der Waals surface area contributed by atoms with Crippen LogP contribution in [0.15, 0.2) is 42.6 Å². The van der Waals surface area contributed by atoms with Crippen molar-refractivity contribution in [3.63, 3.8) is 0 Å². The maximum atomic E-state index is 12.9. The molecule has 1 atom stereocenters. The molecule has 0 bridgehead atoms. The van der Waals surface area contributed by atoms with E-state index in [1.165, 1.54) is 27.4 Å².